The minimum atomic E-state index is -0.992. The molecule has 2 rings (SSSR count). The summed E-state index contributed by atoms with van der Waals surface area (Å²) in [6.07, 6.45) is 12.3. The van der Waals surface area contributed by atoms with Crippen molar-refractivity contribution in [3.63, 3.8) is 0 Å². The number of carboxylic acid groups (broad SMARTS) is 1. The molecule has 0 aliphatic heterocycles. The first-order valence-corrected chi connectivity index (χ1v) is 18.1. The van der Waals surface area contributed by atoms with Gasteiger partial charge in [0.1, 0.15) is 0 Å². The third kappa shape index (κ3) is 18.4. The normalized spacial score (nSPS) is 9.97. The van der Waals surface area contributed by atoms with Gasteiger partial charge in [0.05, 0.1) is 19.4 Å². The van der Waals surface area contributed by atoms with Gasteiger partial charge in [0.2, 0.25) is 0 Å². The Morgan fingerprint density at radius 3 is 1.61 bits per heavy atom. The number of ether oxygens (including phenoxy) is 1. The summed E-state index contributed by atoms with van der Waals surface area (Å²) in [6, 6.07) is 21.8. The molecule has 0 spiro atoms. The molecule has 0 fully saturated rings. The molecule has 2 aromatic carbocycles. The van der Waals surface area contributed by atoms with Crippen molar-refractivity contribution in [1.82, 2.24) is 0 Å². The molecule has 5 heteroatoms. The van der Waals surface area contributed by atoms with Crippen LogP contribution in [0, 0.1) is 0 Å². The Bertz CT molecular complexity index is 697. The van der Waals surface area contributed by atoms with Crippen LogP contribution in [0.3, 0.4) is 0 Å². The molecule has 1 N–H and O–H groups in total. The molecule has 0 bridgehead atoms. The van der Waals surface area contributed by atoms with Crippen LogP contribution in [0.4, 0.5) is 0 Å². The van der Waals surface area contributed by atoms with Crippen LogP contribution >= 0.6 is 0 Å². The average molecular weight is 641 g/mol. The second kappa shape index (κ2) is 20.9. The summed E-state index contributed by atoms with van der Waals surface area (Å²) in [4.78, 5) is 21.4. The zero-order chi connectivity index (χ0) is 24.0. The molecule has 178 valence electrons. The van der Waals surface area contributed by atoms with Gasteiger partial charge in [-0.15, -0.1) is 0 Å². The van der Waals surface area contributed by atoms with Crippen LogP contribution in [0.1, 0.15) is 84.0 Å². The molecule has 0 radical (unpaired) electrons. The number of aliphatic carboxylic acids is 1. The van der Waals surface area contributed by atoms with E-state index >= 15 is 0 Å². The SMILES string of the molecule is CCCCCCCCCCCCOC(=O)CCC(=O)O.c1cc[c]([Hg][c]2ccccc2)cc1. The maximum absolute atomic E-state index is 11.1. The van der Waals surface area contributed by atoms with Crippen LogP contribution in [0.25, 0.3) is 0 Å². The topological polar surface area (TPSA) is 63.6 Å². The fraction of sp³-hybridized carbons (Fsp3) is 0.500. The molecular weight excluding hydrogens is 601 g/mol. The third-order valence-electron chi connectivity index (χ3n) is 5.40. The summed E-state index contributed by atoms with van der Waals surface area (Å²) in [5.74, 6) is -1.36. The van der Waals surface area contributed by atoms with Gasteiger partial charge in [-0.25, -0.2) is 0 Å². The monoisotopic (exact) mass is 642 g/mol. The molecule has 33 heavy (non-hydrogen) atoms. The quantitative estimate of drug-likeness (QED) is 0.138. The number of unbranched alkanes of at least 4 members (excludes halogenated alkanes) is 9. The first-order chi connectivity index (χ1) is 16.1. The van der Waals surface area contributed by atoms with Gasteiger partial charge in [0, 0.05) is 0 Å². The summed E-state index contributed by atoms with van der Waals surface area (Å²) in [5.41, 5.74) is 0. The second-order valence-corrected chi connectivity index (χ2v) is 16.2. The Labute approximate surface area is 212 Å². The van der Waals surface area contributed by atoms with Crippen molar-refractivity contribution in [3.05, 3.63) is 60.7 Å². The van der Waals surface area contributed by atoms with Crippen molar-refractivity contribution in [3.8, 4) is 0 Å². The molecule has 0 saturated heterocycles. The molecular formula is C28H40HgO4. The van der Waals surface area contributed by atoms with Crippen LogP contribution < -0.4 is 6.14 Å². The van der Waals surface area contributed by atoms with E-state index in [1.807, 2.05) is 0 Å². The zero-order valence-corrected chi connectivity index (χ0v) is 25.8. The van der Waals surface area contributed by atoms with Gasteiger partial charge in [0.15, 0.2) is 0 Å². The van der Waals surface area contributed by atoms with Gasteiger partial charge < -0.3 is 9.84 Å². The summed E-state index contributed by atoms with van der Waals surface area (Å²) >= 11 is -0.992. The van der Waals surface area contributed by atoms with Crippen LogP contribution in [-0.4, -0.2) is 23.7 Å². The number of carbonyl (C=O) groups is 2. The fourth-order valence-corrected chi connectivity index (χ4v) is 9.27. The van der Waals surface area contributed by atoms with Gasteiger partial charge >= 0.3 is 103 Å². The first-order valence-electron chi connectivity index (χ1n) is 12.6. The molecule has 0 aliphatic rings. The molecule has 0 aliphatic carbocycles. The molecule has 0 heterocycles. The predicted octanol–water partition coefficient (Wildman–Crippen LogP) is 6.04. The third-order valence-corrected chi connectivity index (χ3v) is 12.2. The summed E-state index contributed by atoms with van der Waals surface area (Å²) in [5, 5.41) is 8.41. The number of hydrogen-bond acceptors (Lipinski definition) is 3. The molecule has 0 atom stereocenters. The number of carboxylic acids is 1. The van der Waals surface area contributed by atoms with Crippen molar-refractivity contribution in [2.75, 3.05) is 6.61 Å². The summed E-state index contributed by atoms with van der Waals surface area (Å²) < 4.78 is 8.14. The van der Waals surface area contributed by atoms with E-state index in [2.05, 4.69) is 67.6 Å². The van der Waals surface area contributed by atoms with E-state index in [9.17, 15) is 9.59 Å². The van der Waals surface area contributed by atoms with Crippen molar-refractivity contribution in [2.24, 2.45) is 0 Å². The standard InChI is InChI=1S/C16H30O4.2C6H5.Hg/c1-2-3-4-5-6-7-8-9-10-11-14-20-16(19)13-12-15(17)18;2*1-2-4-6-5-3-1;/h2-14H2,1H3,(H,17,18);2*1-5H;. The molecule has 0 aromatic heterocycles. The zero-order valence-electron chi connectivity index (χ0n) is 20.3. The second-order valence-electron chi connectivity index (χ2n) is 8.44. The van der Waals surface area contributed by atoms with Crippen LogP contribution in [0.15, 0.2) is 60.7 Å². The number of hydrogen-bond donors (Lipinski definition) is 1. The Morgan fingerprint density at radius 2 is 1.15 bits per heavy atom. The van der Waals surface area contributed by atoms with Crippen LogP contribution in [0.2, 0.25) is 0 Å². The van der Waals surface area contributed by atoms with E-state index in [-0.39, 0.29) is 12.8 Å². The summed E-state index contributed by atoms with van der Waals surface area (Å²) in [6.45, 7) is 2.66. The van der Waals surface area contributed by atoms with Crippen molar-refractivity contribution < 1.29 is 44.0 Å². The average Bonchev–Trinajstić information content (AvgIpc) is 2.83. The predicted molar refractivity (Wildman–Crippen MR) is 132 cm³/mol. The molecule has 0 unspecified atom stereocenters. The van der Waals surface area contributed by atoms with E-state index < -0.39 is 36.5 Å². The van der Waals surface area contributed by atoms with Gasteiger partial charge in [-0.2, -0.15) is 0 Å². The Kier molecular flexibility index (Phi) is 18.6. The van der Waals surface area contributed by atoms with Gasteiger partial charge in [-0.05, 0) is 6.42 Å². The van der Waals surface area contributed by atoms with E-state index in [0.717, 1.165) is 12.8 Å². The van der Waals surface area contributed by atoms with Crippen molar-refractivity contribution in [1.29, 1.82) is 0 Å². The molecule has 0 amide bonds. The van der Waals surface area contributed by atoms with Gasteiger partial charge in [-0.3, -0.25) is 9.59 Å². The molecule has 2 aromatic rings. The minimum absolute atomic E-state index is 0.0207. The van der Waals surface area contributed by atoms with Crippen LogP contribution in [0.5, 0.6) is 0 Å². The van der Waals surface area contributed by atoms with E-state index in [0.29, 0.717) is 6.61 Å². The molecule has 4 nitrogen and oxygen atoms in total. The number of benzene rings is 2. The van der Waals surface area contributed by atoms with E-state index in [4.69, 9.17) is 9.84 Å². The first kappa shape index (κ1) is 29.3. The fourth-order valence-electron chi connectivity index (χ4n) is 3.48. The Morgan fingerprint density at radius 1 is 0.697 bits per heavy atom. The van der Waals surface area contributed by atoms with Crippen LogP contribution in [-0.2, 0) is 38.9 Å². The number of carbonyl (C=O) groups excluding carboxylic acids is 1. The van der Waals surface area contributed by atoms with E-state index in [1.165, 1.54) is 51.4 Å². The van der Waals surface area contributed by atoms with Crippen molar-refractivity contribution >= 4 is 18.1 Å². The van der Waals surface area contributed by atoms with Gasteiger partial charge in [0.25, 0.3) is 0 Å². The van der Waals surface area contributed by atoms with E-state index in [1.54, 1.807) is 6.14 Å². The van der Waals surface area contributed by atoms with Crippen molar-refractivity contribution in [2.45, 2.75) is 84.0 Å². The maximum atomic E-state index is 11.1. The number of rotatable bonds is 16. The Balaban J connectivity index is 0.000000357. The Hall–Kier alpha value is -1.68. The summed E-state index contributed by atoms with van der Waals surface area (Å²) in [7, 11) is 0. The molecule has 0 saturated carbocycles. The number of esters is 1. The van der Waals surface area contributed by atoms with Gasteiger partial charge in [-0.1, -0.05) is 64.7 Å².